The summed E-state index contributed by atoms with van der Waals surface area (Å²) in [6, 6.07) is 1.73. The molecule has 0 saturated carbocycles. The van der Waals surface area contributed by atoms with Crippen LogP contribution in [0.1, 0.15) is 10.4 Å². The maximum Gasteiger partial charge on any atom is 0.253 e. The predicted octanol–water partition coefficient (Wildman–Crippen LogP) is 1.50. The molecule has 0 radical (unpaired) electrons. The second-order valence-electron chi connectivity index (χ2n) is 3.01. The van der Waals surface area contributed by atoms with Gasteiger partial charge in [-0.3, -0.25) is 9.59 Å². The number of nitrogens with one attached hydrogen (secondary N) is 1. The molecule has 1 rings (SSSR count). The van der Waals surface area contributed by atoms with Crippen LogP contribution in [0.5, 0.6) is 0 Å². The lowest BCUT2D eigenvalue weighted by atomic mass is 10.3. The van der Waals surface area contributed by atoms with Crippen LogP contribution in [0, 0.1) is 0 Å². The molecule has 0 aromatic carbocycles. The molecule has 0 aliphatic rings. The molecule has 1 aromatic heterocycles. The summed E-state index contributed by atoms with van der Waals surface area (Å²) in [4.78, 5) is 22.0. The molecule has 2 amide bonds. The first-order valence-electron chi connectivity index (χ1n) is 4.59. The monoisotopic (exact) mass is 384 g/mol. The molecule has 8 heteroatoms. The van der Waals surface area contributed by atoms with Gasteiger partial charge in [0.2, 0.25) is 5.91 Å². The van der Waals surface area contributed by atoms with Gasteiger partial charge in [-0.2, -0.15) is 0 Å². The van der Waals surface area contributed by atoms with Gasteiger partial charge in [0.1, 0.15) is 6.61 Å². The Morgan fingerprint density at radius 2 is 2.18 bits per heavy atom. The second kappa shape index (κ2) is 7.10. The highest BCUT2D eigenvalue weighted by molar-refractivity contribution is 9.12. The maximum absolute atomic E-state index is 11.7. The van der Waals surface area contributed by atoms with Crippen LogP contribution < -0.4 is 11.1 Å². The van der Waals surface area contributed by atoms with Gasteiger partial charge < -0.3 is 15.8 Å². The minimum atomic E-state index is -0.527. The fourth-order valence-corrected chi connectivity index (χ4v) is 3.79. The van der Waals surface area contributed by atoms with Crippen molar-refractivity contribution >= 4 is 55.0 Å². The van der Waals surface area contributed by atoms with Crippen molar-refractivity contribution in [2.24, 2.45) is 5.73 Å². The van der Waals surface area contributed by atoms with Crippen LogP contribution in [0.25, 0.3) is 0 Å². The Labute approximate surface area is 119 Å². The number of rotatable bonds is 6. The number of halogens is 2. The molecule has 0 bridgehead atoms. The average molecular weight is 386 g/mol. The molecule has 0 spiro atoms. The largest absolute Gasteiger partial charge is 0.370 e. The predicted molar refractivity (Wildman–Crippen MR) is 72.1 cm³/mol. The molecule has 94 valence electrons. The van der Waals surface area contributed by atoms with Gasteiger partial charge in [-0.05, 0) is 37.9 Å². The fourth-order valence-electron chi connectivity index (χ4n) is 1.000. The van der Waals surface area contributed by atoms with Crippen LogP contribution >= 0.6 is 43.2 Å². The number of carbonyl (C=O) groups excluding carboxylic acids is 2. The van der Waals surface area contributed by atoms with Gasteiger partial charge in [0.15, 0.2) is 0 Å². The molecule has 17 heavy (non-hydrogen) atoms. The van der Waals surface area contributed by atoms with E-state index in [0.29, 0.717) is 12.1 Å². The summed E-state index contributed by atoms with van der Waals surface area (Å²) in [6.45, 7) is 0.438. The van der Waals surface area contributed by atoms with Crippen molar-refractivity contribution in [3.63, 3.8) is 0 Å². The van der Waals surface area contributed by atoms with Gasteiger partial charge >= 0.3 is 0 Å². The van der Waals surface area contributed by atoms with E-state index in [2.05, 4.69) is 37.2 Å². The third-order valence-corrected chi connectivity index (χ3v) is 4.02. The number of nitrogens with two attached hydrogens (primary N) is 1. The van der Waals surface area contributed by atoms with E-state index in [0.717, 1.165) is 7.57 Å². The molecule has 0 aliphatic heterocycles. The SMILES string of the molecule is NC(=O)COCCNC(=O)c1cc(Br)sc1Br. The van der Waals surface area contributed by atoms with Crippen molar-refractivity contribution in [2.75, 3.05) is 19.8 Å². The Morgan fingerprint density at radius 1 is 1.47 bits per heavy atom. The lowest BCUT2D eigenvalue weighted by molar-refractivity contribution is -0.122. The molecule has 3 N–H and O–H groups in total. The molecule has 0 fully saturated rings. The van der Waals surface area contributed by atoms with Gasteiger partial charge in [-0.1, -0.05) is 0 Å². The van der Waals surface area contributed by atoms with Crippen LogP contribution in [0.4, 0.5) is 0 Å². The number of primary amides is 1. The van der Waals surface area contributed by atoms with Crippen molar-refractivity contribution in [2.45, 2.75) is 0 Å². The summed E-state index contributed by atoms with van der Waals surface area (Å²) in [5.74, 6) is -0.720. The van der Waals surface area contributed by atoms with Crippen LogP contribution in [0.3, 0.4) is 0 Å². The molecule has 0 atom stereocenters. The summed E-state index contributed by atoms with van der Waals surface area (Å²) in [6.07, 6.45) is 0. The molecular weight excluding hydrogens is 376 g/mol. The second-order valence-corrected chi connectivity index (χ2v) is 6.76. The van der Waals surface area contributed by atoms with Gasteiger partial charge in [-0.25, -0.2) is 0 Å². The maximum atomic E-state index is 11.7. The summed E-state index contributed by atoms with van der Waals surface area (Å²) < 4.78 is 6.55. The quantitative estimate of drug-likeness (QED) is 0.728. The van der Waals surface area contributed by atoms with E-state index in [1.165, 1.54) is 11.3 Å². The van der Waals surface area contributed by atoms with Crippen molar-refractivity contribution in [1.29, 1.82) is 0 Å². The number of amides is 2. The highest BCUT2D eigenvalue weighted by Gasteiger charge is 2.12. The summed E-state index contributed by atoms with van der Waals surface area (Å²) in [7, 11) is 0. The summed E-state index contributed by atoms with van der Waals surface area (Å²) in [5.41, 5.74) is 5.45. The Kier molecular flexibility index (Phi) is 6.10. The first-order valence-corrected chi connectivity index (χ1v) is 7.00. The van der Waals surface area contributed by atoms with Crippen LogP contribution in [0.2, 0.25) is 0 Å². The molecule has 0 unspecified atom stereocenters. The van der Waals surface area contributed by atoms with Crippen molar-refractivity contribution in [1.82, 2.24) is 5.32 Å². The van der Waals surface area contributed by atoms with Gasteiger partial charge in [-0.15, -0.1) is 11.3 Å². The number of ether oxygens (including phenoxy) is 1. The number of carbonyl (C=O) groups is 2. The van der Waals surface area contributed by atoms with E-state index in [4.69, 9.17) is 10.5 Å². The zero-order valence-electron chi connectivity index (χ0n) is 8.66. The third kappa shape index (κ3) is 5.15. The van der Waals surface area contributed by atoms with Crippen LogP contribution in [0.15, 0.2) is 13.6 Å². The molecule has 0 aliphatic carbocycles. The number of thiophene rings is 1. The number of hydrogen-bond acceptors (Lipinski definition) is 4. The molecular formula is C9H10Br2N2O3S. The van der Waals surface area contributed by atoms with E-state index in [9.17, 15) is 9.59 Å². The lowest BCUT2D eigenvalue weighted by Crippen LogP contribution is -2.28. The topological polar surface area (TPSA) is 81.4 Å². The van der Waals surface area contributed by atoms with Crippen LogP contribution in [-0.4, -0.2) is 31.6 Å². The fraction of sp³-hybridized carbons (Fsp3) is 0.333. The van der Waals surface area contributed by atoms with E-state index >= 15 is 0 Å². The first-order chi connectivity index (χ1) is 8.00. The summed E-state index contributed by atoms with van der Waals surface area (Å²) in [5, 5.41) is 2.67. The Hall–Kier alpha value is -0.440. The highest BCUT2D eigenvalue weighted by atomic mass is 79.9. The van der Waals surface area contributed by atoms with Crippen molar-refractivity contribution in [3.8, 4) is 0 Å². The average Bonchev–Trinajstić information content (AvgIpc) is 2.56. The van der Waals surface area contributed by atoms with Crippen molar-refractivity contribution in [3.05, 3.63) is 19.2 Å². The third-order valence-electron chi connectivity index (χ3n) is 1.68. The summed E-state index contributed by atoms with van der Waals surface area (Å²) >= 11 is 8.01. The standard InChI is InChI=1S/C9H10Br2N2O3S/c10-6-3-5(8(11)17-6)9(15)13-1-2-16-4-7(12)14/h3H,1-2,4H2,(H2,12,14)(H,13,15). The Morgan fingerprint density at radius 3 is 2.71 bits per heavy atom. The van der Waals surface area contributed by atoms with Gasteiger partial charge in [0, 0.05) is 6.54 Å². The van der Waals surface area contributed by atoms with Gasteiger partial charge in [0.05, 0.1) is 19.7 Å². The molecule has 1 heterocycles. The van der Waals surface area contributed by atoms with Crippen molar-refractivity contribution < 1.29 is 14.3 Å². The van der Waals surface area contributed by atoms with E-state index in [1.807, 2.05) is 0 Å². The zero-order chi connectivity index (χ0) is 12.8. The Balaban J connectivity index is 2.30. The molecule has 5 nitrogen and oxygen atoms in total. The molecule has 1 aromatic rings. The lowest BCUT2D eigenvalue weighted by Gasteiger charge is -2.04. The van der Waals surface area contributed by atoms with E-state index in [-0.39, 0.29) is 19.1 Å². The minimum Gasteiger partial charge on any atom is -0.370 e. The van der Waals surface area contributed by atoms with Gasteiger partial charge in [0.25, 0.3) is 5.91 Å². The highest BCUT2D eigenvalue weighted by Crippen LogP contribution is 2.31. The first kappa shape index (κ1) is 14.6. The van der Waals surface area contributed by atoms with E-state index < -0.39 is 5.91 Å². The minimum absolute atomic E-state index is 0.135. The molecule has 0 saturated heterocycles. The van der Waals surface area contributed by atoms with Crippen LogP contribution in [-0.2, 0) is 9.53 Å². The smallest absolute Gasteiger partial charge is 0.253 e. The van der Waals surface area contributed by atoms with E-state index in [1.54, 1.807) is 6.07 Å². The zero-order valence-corrected chi connectivity index (χ0v) is 12.7. The number of hydrogen-bond donors (Lipinski definition) is 2. The normalized spacial score (nSPS) is 10.2. The Bertz CT molecular complexity index is 422.